The predicted molar refractivity (Wildman–Crippen MR) is 148 cm³/mol. The molecule has 3 N–H and O–H groups in total. The van der Waals surface area contributed by atoms with Crippen LogP contribution in [0.3, 0.4) is 0 Å². The number of carbonyl (C=O) groups is 3. The summed E-state index contributed by atoms with van der Waals surface area (Å²) in [5, 5.41) is 8.61. The van der Waals surface area contributed by atoms with Crippen LogP contribution in [-0.4, -0.2) is 54.8 Å². The van der Waals surface area contributed by atoms with Crippen LogP contribution in [0.25, 0.3) is 0 Å². The van der Waals surface area contributed by atoms with E-state index in [0.717, 1.165) is 38.9 Å². The number of hydrogen-bond acceptors (Lipinski definition) is 5. The highest BCUT2D eigenvalue weighted by molar-refractivity contribution is 5.96. The van der Waals surface area contributed by atoms with Gasteiger partial charge in [0.15, 0.2) is 0 Å². The molecule has 0 aromatic carbocycles. The summed E-state index contributed by atoms with van der Waals surface area (Å²) >= 11 is 0. The number of carbonyl (C=O) groups excluding carboxylic acids is 3. The smallest absolute Gasteiger partial charge is 0.260 e. The molecule has 3 saturated carbocycles. The van der Waals surface area contributed by atoms with E-state index < -0.39 is 5.54 Å². The molecule has 4 atom stereocenters. The fourth-order valence-electron chi connectivity index (χ4n) is 7.12. The second kappa shape index (κ2) is 13.0. The first-order chi connectivity index (χ1) is 17.3. The van der Waals surface area contributed by atoms with Crippen LogP contribution in [0.2, 0.25) is 0 Å². The summed E-state index contributed by atoms with van der Waals surface area (Å²) in [6.07, 6.45) is 9.49. The first kappa shape index (κ1) is 32.0. The third-order valence-corrected chi connectivity index (χ3v) is 9.39. The van der Waals surface area contributed by atoms with Gasteiger partial charge in [-0.25, -0.2) is 5.01 Å². The number of amides is 2. The molecule has 0 aromatic rings. The zero-order valence-electron chi connectivity index (χ0n) is 23.8. The Morgan fingerprint density at radius 2 is 1.50 bits per heavy atom. The Bertz CT molecular complexity index is 758. The van der Waals surface area contributed by atoms with Gasteiger partial charge >= 0.3 is 0 Å². The number of hydrogen-bond donors (Lipinski definition) is 3. The van der Waals surface area contributed by atoms with Crippen LogP contribution in [0.5, 0.6) is 0 Å². The molecule has 5 fully saturated rings. The minimum Gasteiger partial charge on any atom is -0.340 e. The van der Waals surface area contributed by atoms with E-state index >= 15 is 0 Å². The highest BCUT2D eigenvalue weighted by Gasteiger charge is 2.83. The van der Waals surface area contributed by atoms with E-state index in [1.807, 2.05) is 39.5 Å². The largest absolute Gasteiger partial charge is 0.340 e. The Kier molecular flexibility index (Phi) is 11.6. The third kappa shape index (κ3) is 4.93. The maximum atomic E-state index is 13.1. The Labute approximate surface area is 219 Å². The molecule has 2 aliphatic heterocycles. The lowest BCUT2D eigenvalue weighted by Crippen LogP contribution is -2.57. The lowest BCUT2D eigenvalue weighted by atomic mass is 9.73. The van der Waals surface area contributed by atoms with Gasteiger partial charge in [-0.3, -0.25) is 15.0 Å². The minimum atomic E-state index is -0.813. The molecule has 2 spiro atoms. The zero-order chi connectivity index (χ0) is 27.8. The van der Waals surface area contributed by atoms with Crippen LogP contribution in [0.1, 0.15) is 86.5 Å². The lowest BCUT2D eigenvalue weighted by Gasteiger charge is -2.31. The summed E-state index contributed by atoms with van der Waals surface area (Å²) in [7, 11) is 0. The second-order valence-electron chi connectivity index (χ2n) is 10.4. The quantitative estimate of drug-likeness (QED) is 0.483. The van der Waals surface area contributed by atoms with Crippen molar-refractivity contribution in [2.75, 3.05) is 19.6 Å². The number of hydrazine groups is 1. The van der Waals surface area contributed by atoms with Crippen molar-refractivity contribution in [3.05, 3.63) is 25.8 Å². The summed E-state index contributed by atoms with van der Waals surface area (Å²) in [4.78, 5) is 34.1. The Morgan fingerprint density at radius 3 is 1.92 bits per heavy atom. The molecule has 0 aromatic heterocycles. The van der Waals surface area contributed by atoms with Crippen molar-refractivity contribution in [1.82, 2.24) is 21.1 Å². The van der Waals surface area contributed by atoms with Gasteiger partial charge in [0.05, 0.1) is 6.04 Å². The van der Waals surface area contributed by atoms with Crippen molar-refractivity contribution in [3.63, 3.8) is 0 Å². The molecule has 0 bridgehead atoms. The molecule has 7 nitrogen and oxygen atoms in total. The van der Waals surface area contributed by atoms with Crippen LogP contribution in [0.15, 0.2) is 25.8 Å². The molecule has 36 heavy (non-hydrogen) atoms. The topological polar surface area (TPSA) is 90.5 Å². The predicted octanol–water partition coefficient (Wildman–Crippen LogP) is 4.40. The van der Waals surface area contributed by atoms with Crippen molar-refractivity contribution < 1.29 is 14.4 Å². The average Bonchev–Trinajstić information content (AvgIpc) is 3.36. The van der Waals surface area contributed by atoms with Gasteiger partial charge < -0.3 is 15.4 Å². The zero-order valence-corrected chi connectivity index (χ0v) is 23.8. The summed E-state index contributed by atoms with van der Waals surface area (Å²) < 4.78 is 0. The number of rotatable bonds is 5. The molecule has 0 radical (unpaired) electrons. The van der Waals surface area contributed by atoms with Crippen molar-refractivity contribution in [1.29, 1.82) is 0 Å². The van der Waals surface area contributed by atoms with Crippen molar-refractivity contribution in [2.24, 2.45) is 22.2 Å². The minimum absolute atomic E-state index is 0.0183. The van der Waals surface area contributed by atoms with Crippen molar-refractivity contribution >= 4 is 18.6 Å². The van der Waals surface area contributed by atoms with E-state index in [9.17, 15) is 9.59 Å². The van der Waals surface area contributed by atoms with Gasteiger partial charge in [-0.1, -0.05) is 54.0 Å². The maximum absolute atomic E-state index is 13.1. The summed E-state index contributed by atoms with van der Waals surface area (Å²) in [6.45, 7) is 27.3. The third-order valence-electron chi connectivity index (χ3n) is 9.39. The standard InChI is InChI=1S/C22H34N4O2.2C2H6.C2H4.CH2O/c1-4-15-12-22(15,18(28)25-26-10-5-6-11-26)24-17(27)16-13-21(14-23-16)19(2,3)20(21)8-7-9-20;4*1-2/h4,15-16,23H,1,5-14H2,2-3H3,(H,24,27)(H,25,28);2*1-2H3;1-2H2;1H2/t15-,16?,21-,22-;;;;/m1..../s1. The molecule has 5 rings (SSSR count). The van der Waals surface area contributed by atoms with E-state index in [2.05, 4.69) is 49.6 Å². The highest BCUT2D eigenvalue weighted by atomic mass is 16.2. The van der Waals surface area contributed by atoms with Crippen molar-refractivity contribution in [2.45, 2.75) is 98.1 Å². The van der Waals surface area contributed by atoms with Crippen LogP contribution in [0.4, 0.5) is 0 Å². The van der Waals surface area contributed by atoms with Crippen molar-refractivity contribution in [3.8, 4) is 0 Å². The van der Waals surface area contributed by atoms with Crippen LogP contribution in [-0.2, 0) is 14.4 Å². The molecule has 1 unspecified atom stereocenters. The van der Waals surface area contributed by atoms with Crippen LogP contribution >= 0.6 is 0 Å². The first-order valence-corrected chi connectivity index (χ1v) is 13.8. The van der Waals surface area contributed by atoms with Gasteiger partial charge in [0.1, 0.15) is 12.3 Å². The molecule has 7 heteroatoms. The Hall–Kier alpha value is -1.99. The van der Waals surface area contributed by atoms with Crippen LogP contribution < -0.4 is 16.1 Å². The van der Waals surface area contributed by atoms with Gasteiger partial charge in [-0.05, 0) is 54.8 Å². The second-order valence-corrected chi connectivity index (χ2v) is 10.4. The van der Waals surface area contributed by atoms with Crippen LogP contribution in [0, 0.1) is 22.2 Å². The molecule has 2 saturated heterocycles. The Balaban J connectivity index is 0.000000741. The van der Waals surface area contributed by atoms with E-state index in [4.69, 9.17) is 4.79 Å². The summed E-state index contributed by atoms with van der Waals surface area (Å²) in [6, 6.07) is -0.193. The highest BCUT2D eigenvalue weighted by Crippen LogP contribution is 2.87. The van der Waals surface area contributed by atoms with Gasteiger partial charge in [0, 0.05) is 25.6 Å². The monoisotopic (exact) mass is 504 g/mol. The molecule has 3 aliphatic carbocycles. The molecule has 2 heterocycles. The Morgan fingerprint density at radius 1 is 0.944 bits per heavy atom. The summed E-state index contributed by atoms with van der Waals surface area (Å²) in [5.41, 5.74) is 3.22. The maximum Gasteiger partial charge on any atom is 0.260 e. The fourth-order valence-corrected chi connectivity index (χ4v) is 7.12. The number of nitrogens with zero attached hydrogens (tertiary/aromatic N) is 1. The molecular weight excluding hydrogens is 452 g/mol. The molecule has 5 aliphatic rings. The molecule has 206 valence electrons. The average molecular weight is 505 g/mol. The SMILES string of the molecule is C=C.C=C[C@@H]1C[C@]1(NC(=O)C1C[C@@]2(CN1)C(C)(C)C21CCC1)C(=O)NN1CCCC1.C=O.CC.CC. The normalized spacial score (nSPS) is 33.4. The fraction of sp³-hybridized carbons (Fsp3) is 0.759. The van der Waals surface area contributed by atoms with E-state index in [1.54, 1.807) is 6.08 Å². The van der Waals surface area contributed by atoms with Gasteiger partial charge in [-0.15, -0.1) is 19.7 Å². The first-order valence-electron chi connectivity index (χ1n) is 13.8. The molecular formula is C29H52N4O3. The molecule has 2 amide bonds. The van der Waals surface area contributed by atoms with E-state index in [1.165, 1.54) is 19.3 Å². The van der Waals surface area contributed by atoms with Gasteiger partial charge in [0.25, 0.3) is 5.91 Å². The number of fused-ring (bicyclic) bond motifs is 1. The van der Waals surface area contributed by atoms with E-state index in [-0.39, 0.29) is 29.2 Å². The van der Waals surface area contributed by atoms with E-state index in [0.29, 0.717) is 17.3 Å². The van der Waals surface area contributed by atoms with Gasteiger partial charge in [-0.2, -0.15) is 0 Å². The summed E-state index contributed by atoms with van der Waals surface area (Å²) in [5.74, 6) is -0.0812. The van der Waals surface area contributed by atoms with Gasteiger partial charge in [0.2, 0.25) is 5.91 Å². The number of nitrogens with one attached hydrogen (secondary N) is 3. The lowest BCUT2D eigenvalue weighted by molar-refractivity contribution is -0.134.